The van der Waals surface area contributed by atoms with Gasteiger partial charge in [0.2, 0.25) is 5.76 Å². The van der Waals surface area contributed by atoms with Gasteiger partial charge in [0, 0.05) is 0 Å². The Balaban J connectivity index is 2.08. The highest BCUT2D eigenvalue weighted by molar-refractivity contribution is 9.10. The molecule has 0 saturated heterocycles. The van der Waals surface area contributed by atoms with Gasteiger partial charge >= 0.3 is 5.97 Å². The van der Waals surface area contributed by atoms with E-state index in [0.717, 1.165) is 4.47 Å². The highest BCUT2D eigenvalue weighted by atomic mass is 79.9. The van der Waals surface area contributed by atoms with Gasteiger partial charge in [-0.2, -0.15) is 0 Å². The van der Waals surface area contributed by atoms with Gasteiger partial charge in [-0.05, 0) is 51.2 Å². The number of carboxylic acid groups (broad SMARTS) is 1. The lowest BCUT2D eigenvalue weighted by Gasteiger charge is -2.20. The van der Waals surface area contributed by atoms with Gasteiger partial charge in [0.05, 0.1) is 4.47 Å². The number of ether oxygens (including phenoxy) is 1. The fourth-order valence-corrected chi connectivity index (χ4v) is 2.30. The molecule has 0 aliphatic rings. The van der Waals surface area contributed by atoms with Gasteiger partial charge < -0.3 is 14.3 Å². The summed E-state index contributed by atoms with van der Waals surface area (Å²) in [5.74, 6) is -0.0109. The first-order valence-electron chi connectivity index (χ1n) is 6.52. The minimum Gasteiger partial charge on any atom is -0.484 e. The van der Waals surface area contributed by atoms with E-state index in [4.69, 9.17) is 14.3 Å². The molecule has 0 spiro atoms. The van der Waals surface area contributed by atoms with Crippen LogP contribution in [-0.2, 0) is 12.0 Å². The van der Waals surface area contributed by atoms with Crippen LogP contribution in [0.15, 0.2) is 39.2 Å². The number of rotatable bonds is 4. The molecule has 1 aromatic heterocycles. The van der Waals surface area contributed by atoms with Gasteiger partial charge in [-0.15, -0.1) is 0 Å². The number of hydrogen-bond acceptors (Lipinski definition) is 3. The van der Waals surface area contributed by atoms with E-state index in [2.05, 4.69) is 36.7 Å². The maximum atomic E-state index is 10.7. The Labute approximate surface area is 131 Å². The van der Waals surface area contributed by atoms with Gasteiger partial charge in [-0.3, -0.25) is 0 Å². The predicted molar refractivity (Wildman–Crippen MR) is 82.8 cm³/mol. The molecule has 1 heterocycles. The lowest BCUT2D eigenvalue weighted by atomic mass is 9.87. The maximum absolute atomic E-state index is 10.7. The number of furan rings is 1. The molecular weight excluding hydrogens is 336 g/mol. The lowest BCUT2D eigenvalue weighted by molar-refractivity contribution is 0.0658. The quantitative estimate of drug-likeness (QED) is 0.872. The molecule has 112 valence electrons. The molecule has 0 bridgehead atoms. The molecule has 0 amide bonds. The molecular formula is C16H17BrO4. The first-order valence-corrected chi connectivity index (χ1v) is 7.31. The highest BCUT2D eigenvalue weighted by Crippen LogP contribution is 2.32. The Hall–Kier alpha value is -1.75. The topological polar surface area (TPSA) is 59.7 Å². The third kappa shape index (κ3) is 3.88. The van der Waals surface area contributed by atoms with Crippen LogP contribution in [0, 0.1) is 0 Å². The number of benzene rings is 1. The van der Waals surface area contributed by atoms with Gasteiger partial charge in [0.25, 0.3) is 0 Å². The average Bonchev–Trinajstić information content (AvgIpc) is 2.85. The number of carbonyl (C=O) groups is 1. The van der Waals surface area contributed by atoms with E-state index in [1.165, 1.54) is 11.6 Å². The summed E-state index contributed by atoms with van der Waals surface area (Å²) >= 11 is 3.49. The number of halogens is 1. The van der Waals surface area contributed by atoms with Crippen molar-refractivity contribution in [2.45, 2.75) is 32.8 Å². The van der Waals surface area contributed by atoms with Crippen LogP contribution < -0.4 is 4.74 Å². The summed E-state index contributed by atoms with van der Waals surface area (Å²) < 4.78 is 11.7. The van der Waals surface area contributed by atoms with Crippen molar-refractivity contribution in [1.82, 2.24) is 0 Å². The Morgan fingerprint density at radius 1 is 1.29 bits per heavy atom. The van der Waals surface area contributed by atoms with Crippen molar-refractivity contribution < 1.29 is 19.1 Å². The summed E-state index contributed by atoms with van der Waals surface area (Å²) in [6, 6.07) is 8.95. The Morgan fingerprint density at radius 3 is 2.52 bits per heavy atom. The Bertz CT molecular complexity index is 653. The minimum absolute atomic E-state index is 0.0679. The third-order valence-corrected chi connectivity index (χ3v) is 3.66. The summed E-state index contributed by atoms with van der Waals surface area (Å²) in [6.45, 7) is 6.61. The van der Waals surface area contributed by atoms with Crippen LogP contribution in [0.25, 0.3) is 0 Å². The number of carboxylic acids is 1. The molecule has 0 saturated carbocycles. The normalized spacial score (nSPS) is 11.4. The zero-order valence-electron chi connectivity index (χ0n) is 12.1. The summed E-state index contributed by atoms with van der Waals surface area (Å²) in [7, 11) is 0. The highest BCUT2D eigenvalue weighted by Gasteiger charge is 2.15. The fourth-order valence-electron chi connectivity index (χ4n) is 1.80. The van der Waals surface area contributed by atoms with E-state index in [0.29, 0.717) is 11.5 Å². The monoisotopic (exact) mass is 352 g/mol. The van der Waals surface area contributed by atoms with E-state index in [1.807, 2.05) is 18.2 Å². The molecule has 0 radical (unpaired) electrons. The van der Waals surface area contributed by atoms with Crippen molar-refractivity contribution in [2.24, 2.45) is 0 Å². The number of aromatic carboxylic acids is 1. The molecule has 0 aliphatic carbocycles. The second-order valence-electron chi connectivity index (χ2n) is 5.75. The summed E-state index contributed by atoms with van der Waals surface area (Å²) in [6.07, 6.45) is 0. The SMILES string of the molecule is CC(C)(C)c1ccc(OCc2ccc(C(=O)O)o2)c(Br)c1. The van der Waals surface area contributed by atoms with Crippen LogP contribution in [0.5, 0.6) is 5.75 Å². The molecule has 4 nitrogen and oxygen atoms in total. The van der Waals surface area contributed by atoms with Crippen LogP contribution >= 0.6 is 15.9 Å². The number of hydrogen-bond donors (Lipinski definition) is 1. The zero-order chi connectivity index (χ0) is 15.6. The van der Waals surface area contributed by atoms with Gasteiger partial charge in [-0.1, -0.05) is 26.8 Å². The van der Waals surface area contributed by atoms with Crippen molar-refractivity contribution in [3.8, 4) is 5.75 Å². The van der Waals surface area contributed by atoms with E-state index in [9.17, 15) is 4.79 Å². The molecule has 1 N–H and O–H groups in total. The van der Waals surface area contributed by atoms with E-state index >= 15 is 0 Å². The van der Waals surface area contributed by atoms with E-state index in [1.54, 1.807) is 6.07 Å². The third-order valence-electron chi connectivity index (χ3n) is 3.04. The molecule has 2 aromatic rings. The summed E-state index contributed by atoms with van der Waals surface area (Å²) in [5.41, 5.74) is 1.27. The van der Waals surface area contributed by atoms with Crippen molar-refractivity contribution in [3.63, 3.8) is 0 Å². The summed E-state index contributed by atoms with van der Waals surface area (Å²) in [5, 5.41) is 8.79. The first-order chi connectivity index (χ1) is 9.77. The van der Waals surface area contributed by atoms with Crippen LogP contribution in [0.4, 0.5) is 0 Å². The Kier molecular flexibility index (Phi) is 4.42. The van der Waals surface area contributed by atoms with Crippen LogP contribution in [0.3, 0.4) is 0 Å². The molecule has 2 rings (SSSR count). The average molecular weight is 353 g/mol. The first kappa shape index (κ1) is 15.6. The smallest absolute Gasteiger partial charge is 0.371 e. The summed E-state index contributed by atoms with van der Waals surface area (Å²) in [4.78, 5) is 10.7. The van der Waals surface area contributed by atoms with Crippen LogP contribution in [0.1, 0.15) is 42.6 Å². The lowest BCUT2D eigenvalue weighted by Crippen LogP contribution is -2.10. The molecule has 21 heavy (non-hydrogen) atoms. The molecule has 5 heteroatoms. The molecule has 0 fully saturated rings. The maximum Gasteiger partial charge on any atom is 0.371 e. The zero-order valence-corrected chi connectivity index (χ0v) is 13.7. The van der Waals surface area contributed by atoms with Gasteiger partial charge in [0.1, 0.15) is 18.1 Å². The minimum atomic E-state index is -1.09. The van der Waals surface area contributed by atoms with Crippen molar-refractivity contribution in [1.29, 1.82) is 0 Å². The molecule has 0 aliphatic heterocycles. The van der Waals surface area contributed by atoms with Gasteiger partial charge in [0.15, 0.2) is 0 Å². The van der Waals surface area contributed by atoms with E-state index < -0.39 is 5.97 Å². The second kappa shape index (κ2) is 5.93. The standard InChI is InChI=1S/C16H17BrO4/c1-16(2,3)10-4-6-13(12(17)8-10)20-9-11-5-7-14(21-11)15(18)19/h4-8H,9H2,1-3H3,(H,18,19). The largest absolute Gasteiger partial charge is 0.484 e. The molecule has 0 atom stereocenters. The van der Waals surface area contributed by atoms with Crippen molar-refractivity contribution in [3.05, 3.63) is 51.9 Å². The van der Waals surface area contributed by atoms with Crippen molar-refractivity contribution >= 4 is 21.9 Å². The second-order valence-corrected chi connectivity index (χ2v) is 6.61. The van der Waals surface area contributed by atoms with Crippen molar-refractivity contribution in [2.75, 3.05) is 0 Å². The van der Waals surface area contributed by atoms with Crippen LogP contribution in [-0.4, -0.2) is 11.1 Å². The molecule has 1 aromatic carbocycles. The Morgan fingerprint density at radius 2 is 2.00 bits per heavy atom. The van der Waals surface area contributed by atoms with Crippen LogP contribution in [0.2, 0.25) is 0 Å². The van der Waals surface area contributed by atoms with E-state index in [-0.39, 0.29) is 17.8 Å². The fraction of sp³-hybridized carbons (Fsp3) is 0.312. The van der Waals surface area contributed by atoms with Gasteiger partial charge in [-0.25, -0.2) is 4.79 Å². The predicted octanol–water partition coefficient (Wildman–Crippen LogP) is 4.62. The molecule has 0 unspecified atom stereocenters.